The Morgan fingerprint density at radius 3 is 1.67 bits per heavy atom. The third-order valence-electron chi connectivity index (χ3n) is 5.66. The average Bonchev–Trinajstić information content (AvgIpc) is 2.26. The summed E-state index contributed by atoms with van der Waals surface area (Å²) in [4.78, 5) is 0. The first kappa shape index (κ1) is 11.4. The van der Waals surface area contributed by atoms with Crippen molar-refractivity contribution < 1.29 is 4.48 Å². The van der Waals surface area contributed by atoms with Gasteiger partial charge in [-0.15, -0.1) is 0 Å². The van der Waals surface area contributed by atoms with Crippen molar-refractivity contribution in [2.75, 3.05) is 13.1 Å². The van der Waals surface area contributed by atoms with Crippen molar-refractivity contribution >= 4 is 0 Å². The highest BCUT2D eigenvalue weighted by atomic mass is 15.4. The highest BCUT2D eigenvalue weighted by molar-refractivity contribution is 4.80. The van der Waals surface area contributed by atoms with E-state index >= 15 is 0 Å². The van der Waals surface area contributed by atoms with Gasteiger partial charge in [0.2, 0.25) is 0 Å². The van der Waals surface area contributed by atoms with Gasteiger partial charge >= 0.3 is 0 Å². The van der Waals surface area contributed by atoms with Crippen molar-refractivity contribution in [3.63, 3.8) is 0 Å². The molecule has 2 aliphatic rings. The predicted octanol–water partition coefficient (Wildman–Crippen LogP) is 3.44. The largest absolute Gasteiger partial charge is 0.319 e. The van der Waals surface area contributed by atoms with E-state index in [1.165, 1.54) is 43.3 Å². The molecule has 0 aliphatic carbocycles. The third-order valence-corrected chi connectivity index (χ3v) is 5.66. The van der Waals surface area contributed by atoms with Gasteiger partial charge in [-0.05, 0) is 39.5 Å². The Hall–Kier alpha value is -0.0400. The summed E-state index contributed by atoms with van der Waals surface area (Å²) in [6, 6.07) is 1.80. The van der Waals surface area contributed by atoms with E-state index in [4.69, 9.17) is 0 Å². The van der Waals surface area contributed by atoms with Crippen molar-refractivity contribution in [2.24, 2.45) is 11.8 Å². The second-order valence-electron chi connectivity index (χ2n) is 6.28. The van der Waals surface area contributed by atoms with Gasteiger partial charge in [-0.3, -0.25) is 0 Å². The van der Waals surface area contributed by atoms with E-state index < -0.39 is 0 Å². The van der Waals surface area contributed by atoms with E-state index in [9.17, 15) is 0 Å². The minimum Gasteiger partial charge on any atom is -0.319 e. The minimum absolute atomic E-state index is 0.900. The summed E-state index contributed by atoms with van der Waals surface area (Å²) in [6.45, 7) is 12.9. The molecular formula is C14H28N+. The highest BCUT2D eigenvalue weighted by Gasteiger charge is 2.48. The van der Waals surface area contributed by atoms with Crippen LogP contribution in [0.15, 0.2) is 0 Å². The number of quaternary nitrogens is 1. The van der Waals surface area contributed by atoms with Crippen LogP contribution in [0.3, 0.4) is 0 Å². The number of hydrogen-bond donors (Lipinski definition) is 0. The highest BCUT2D eigenvalue weighted by Crippen LogP contribution is 2.40. The third kappa shape index (κ3) is 1.73. The molecule has 0 aromatic heterocycles. The average molecular weight is 210 g/mol. The van der Waals surface area contributed by atoms with Gasteiger partial charge in [0.15, 0.2) is 0 Å². The van der Waals surface area contributed by atoms with Crippen LogP contribution < -0.4 is 0 Å². The summed E-state index contributed by atoms with van der Waals surface area (Å²) in [5.41, 5.74) is 0. The second-order valence-corrected chi connectivity index (χ2v) is 6.28. The summed E-state index contributed by atoms with van der Waals surface area (Å²) in [5.74, 6) is 1.85. The quantitative estimate of drug-likeness (QED) is 0.537. The fraction of sp³-hybridized carbons (Fsp3) is 1.00. The maximum absolute atomic E-state index is 2.51. The normalized spacial score (nSPS) is 45.6. The molecule has 0 amide bonds. The molecule has 0 radical (unpaired) electrons. The van der Waals surface area contributed by atoms with Gasteiger partial charge in [-0.1, -0.05) is 13.8 Å². The van der Waals surface area contributed by atoms with E-state index in [1.54, 1.807) is 0 Å². The zero-order chi connectivity index (χ0) is 11.1. The van der Waals surface area contributed by atoms with Crippen LogP contribution >= 0.6 is 0 Å². The molecule has 2 rings (SSSR count). The van der Waals surface area contributed by atoms with Gasteiger partial charge in [0.1, 0.15) is 0 Å². The topological polar surface area (TPSA) is 0 Å². The van der Waals surface area contributed by atoms with E-state index in [2.05, 4.69) is 27.7 Å². The van der Waals surface area contributed by atoms with Crippen LogP contribution in [0.2, 0.25) is 0 Å². The number of rotatable bonds is 0. The summed E-state index contributed by atoms with van der Waals surface area (Å²) in [7, 11) is 0. The maximum atomic E-state index is 2.51. The summed E-state index contributed by atoms with van der Waals surface area (Å²) >= 11 is 0. The first-order chi connectivity index (χ1) is 7.08. The number of hydrogen-bond acceptors (Lipinski definition) is 0. The first-order valence-corrected chi connectivity index (χ1v) is 6.94. The van der Waals surface area contributed by atoms with Gasteiger partial charge < -0.3 is 4.48 Å². The van der Waals surface area contributed by atoms with Gasteiger partial charge in [-0.25, -0.2) is 0 Å². The standard InChI is InChI=1S/C14H28N/c1-11-10-12(2)14(4)15(13(11)3)8-6-5-7-9-15/h11-14H,5-10H2,1-4H3/q+1. The van der Waals surface area contributed by atoms with Gasteiger partial charge in [0.25, 0.3) is 0 Å². The summed E-state index contributed by atoms with van der Waals surface area (Å²) in [5, 5.41) is 0. The molecule has 2 aliphatic heterocycles. The fourth-order valence-electron chi connectivity index (χ4n) is 4.28. The smallest absolute Gasteiger partial charge is 0.0889 e. The Morgan fingerprint density at radius 1 is 0.733 bits per heavy atom. The maximum Gasteiger partial charge on any atom is 0.0889 e. The van der Waals surface area contributed by atoms with Crippen molar-refractivity contribution in [1.82, 2.24) is 0 Å². The van der Waals surface area contributed by atoms with E-state index in [0.717, 1.165) is 23.9 Å². The molecule has 0 aromatic carbocycles. The molecule has 88 valence electrons. The van der Waals surface area contributed by atoms with Crippen LogP contribution in [0.25, 0.3) is 0 Å². The fourth-order valence-corrected chi connectivity index (χ4v) is 4.28. The Balaban J connectivity index is 2.23. The van der Waals surface area contributed by atoms with Gasteiger partial charge in [-0.2, -0.15) is 0 Å². The summed E-state index contributed by atoms with van der Waals surface area (Å²) < 4.78 is 1.45. The monoisotopic (exact) mass is 210 g/mol. The molecule has 15 heavy (non-hydrogen) atoms. The molecule has 0 N–H and O–H groups in total. The molecule has 0 aromatic rings. The molecule has 4 atom stereocenters. The lowest BCUT2D eigenvalue weighted by Crippen LogP contribution is -2.67. The molecule has 0 saturated carbocycles. The lowest BCUT2D eigenvalue weighted by molar-refractivity contribution is -0.985. The molecule has 1 spiro atoms. The van der Waals surface area contributed by atoms with Crippen molar-refractivity contribution in [1.29, 1.82) is 0 Å². The van der Waals surface area contributed by atoms with Crippen LogP contribution in [0.5, 0.6) is 0 Å². The van der Waals surface area contributed by atoms with Crippen molar-refractivity contribution in [3.05, 3.63) is 0 Å². The van der Waals surface area contributed by atoms with Gasteiger partial charge in [0.05, 0.1) is 25.2 Å². The number of piperidine rings is 2. The van der Waals surface area contributed by atoms with Crippen LogP contribution in [0.1, 0.15) is 53.4 Å². The molecule has 2 fully saturated rings. The van der Waals surface area contributed by atoms with Crippen molar-refractivity contribution in [2.45, 2.75) is 65.5 Å². The molecule has 0 bridgehead atoms. The van der Waals surface area contributed by atoms with Crippen LogP contribution in [0, 0.1) is 11.8 Å². The SMILES string of the molecule is CC1CC(C)C(C)[N+]2(CCCCC2)C1C. The molecule has 2 saturated heterocycles. The molecular weight excluding hydrogens is 182 g/mol. The van der Waals surface area contributed by atoms with E-state index in [1.807, 2.05) is 0 Å². The van der Waals surface area contributed by atoms with E-state index in [-0.39, 0.29) is 0 Å². The molecule has 1 nitrogen and oxygen atoms in total. The van der Waals surface area contributed by atoms with Crippen LogP contribution in [-0.4, -0.2) is 29.7 Å². The molecule has 1 heteroatoms. The van der Waals surface area contributed by atoms with Gasteiger partial charge in [0, 0.05) is 11.8 Å². The zero-order valence-corrected chi connectivity index (χ0v) is 11.0. The Labute approximate surface area is 95.4 Å². The lowest BCUT2D eigenvalue weighted by atomic mass is 9.77. The zero-order valence-electron chi connectivity index (χ0n) is 11.0. The minimum atomic E-state index is 0.900. The summed E-state index contributed by atoms with van der Waals surface area (Å²) in [6.07, 6.45) is 5.85. The Morgan fingerprint density at radius 2 is 1.20 bits per heavy atom. The first-order valence-electron chi connectivity index (χ1n) is 6.94. The second kappa shape index (κ2) is 4.08. The Bertz CT molecular complexity index is 201. The van der Waals surface area contributed by atoms with Crippen LogP contribution in [-0.2, 0) is 0 Å². The Kier molecular flexibility index (Phi) is 3.12. The van der Waals surface area contributed by atoms with Crippen LogP contribution in [0.4, 0.5) is 0 Å². The number of nitrogens with zero attached hydrogens (tertiary/aromatic N) is 1. The molecule has 4 unspecified atom stereocenters. The van der Waals surface area contributed by atoms with E-state index in [0.29, 0.717) is 0 Å². The predicted molar refractivity (Wildman–Crippen MR) is 65.7 cm³/mol. The van der Waals surface area contributed by atoms with Crippen molar-refractivity contribution in [3.8, 4) is 0 Å². The molecule has 2 heterocycles. The lowest BCUT2D eigenvalue weighted by Gasteiger charge is -2.57.